The molecule has 0 saturated heterocycles. The molecule has 3 aromatic rings. The molecule has 0 atom stereocenters. The zero-order chi connectivity index (χ0) is 15.0. The second-order valence-electron chi connectivity index (χ2n) is 4.38. The Hall–Kier alpha value is -2.48. The lowest BCUT2D eigenvalue weighted by Gasteiger charge is -2.06. The van der Waals surface area contributed by atoms with E-state index in [2.05, 4.69) is 25.0 Å². The maximum Gasteiger partial charge on any atom is 0.328 e. The van der Waals surface area contributed by atoms with Crippen molar-refractivity contribution in [1.82, 2.24) is 34.3 Å². The summed E-state index contributed by atoms with van der Waals surface area (Å²) in [6, 6.07) is 0.109. The SMILES string of the molecule is Cc1nn(C)c(C)c1Oc1nc(Cl)nc(-n2ccnc2)n1. The smallest absolute Gasteiger partial charge is 0.328 e. The van der Waals surface area contributed by atoms with Gasteiger partial charge in [-0.05, 0) is 25.4 Å². The molecule has 0 N–H and O–H groups in total. The van der Waals surface area contributed by atoms with E-state index in [9.17, 15) is 0 Å². The second kappa shape index (κ2) is 5.13. The van der Waals surface area contributed by atoms with E-state index >= 15 is 0 Å². The molecule has 3 rings (SSSR count). The third-order valence-electron chi connectivity index (χ3n) is 2.95. The van der Waals surface area contributed by atoms with Crippen LogP contribution < -0.4 is 4.74 Å². The third kappa shape index (κ3) is 2.57. The molecule has 21 heavy (non-hydrogen) atoms. The molecule has 0 saturated carbocycles. The van der Waals surface area contributed by atoms with Crippen molar-refractivity contribution in [2.75, 3.05) is 0 Å². The van der Waals surface area contributed by atoms with E-state index in [0.717, 1.165) is 11.4 Å². The fraction of sp³-hybridized carbons (Fsp3) is 0.250. The highest BCUT2D eigenvalue weighted by atomic mass is 35.5. The molecule has 9 heteroatoms. The van der Waals surface area contributed by atoms with Gasteiger partial charge >= 0.3 is 6.01 Å². The highest BCUT2D eigenvalue weighted by Gasteiger charge is 2.15. The topological polar surface area (TPSA) is 83.5 Å². The molecule has 0 unspecified atom stereocenters. The average molecular weight is 306 g/mol. The first-order chi connectivity index (χ1) is 10.0. The monoisotopic (exact) mass is 305 g/mol. The van der Waals surface area contributed by atoms with Crippen LogP contribution in [0.5, 0.6) is 11.8 Å². The summed E-state index contributed by atoms with van der Waals surface area (Å²) >= 11 is 5.92. The number of aromatic nitrogens is 7. The van der Waals surface area contributed by atoms with Gasteiger partial charge in [0.25, 0.3) is 0 Å². The van der Waals surface area contributed by atoms with Crippen LogP contribution >= 0.6 is 11.6 Å². The molecule has 3 heterocycles. The van der Waals surface area contributed by atoms with Crippen LogP contribution in [0.25, 0.3) is 5.95 Å². The Balaban J connectivity index is 1.99. The van der Waals surface area contributed by atoms with Gasteiger partial charge in [-0.25, -0.2) is 4.98 Å². The Bertz CT molecular complexity index is 781. The van der Waals surface area contributed by atoms with Gasteiger partial charge in [-0.1, -0.05) is 0 Å². The molecule has 0 aromatic carbocycles. The minimum Gasteiger partial charge on any atom is -0.420 e. The maximum absolute atomic E-state index is 5.92. The van der Waals surface area contributed by atoms with E-state index in [1.165, 1.54) is 0 Å². The number of rotatable bonds is 3. The van der Waals surface area contributed by atoms with Gasteiger partial charge in [-0.3, -0.25) is 9.25 Å². The van der Waals surface area contributed by atoms with E-state index in [1.54, 1.807) is 28.0 Å². The lowest BCUT2D eigenvalue weighted by Crippen LogP contribution is -2.03. The van der Waals surface area contributed by atoms with Gasteiger partial charge in [-0.15, -0.1) is 0 Å². The molecular formula is C12H12ClN7O. The minimum absolute atomic E-state index is 0.0443. The zero-order valence-electron chi connectivity index (χ0n) is 11.6. The molecule has 0 aliphatic rings. The maximum atomic E-state index is 5.92. The Morgan fingerprint density at radius 2 is 2.00 bits per heavy atom. The standard InChI is InChI=1S/C12H12ClN7O/c1-7-9(8(2)19(3)18-7)21-12-16-10(13)15-11(17-12)20-5-4-14-6-20/h4-6H,1-3H3. The largest absolute Gasteiger partial charge is 0.420 e. The highest BCUT2D eigenvalue weighted by molar-refractivity contribution is 6.28. The van der Waals surface area contributed by atoms with Gasteiger partial charge in [0.2, 0.25) is 11.2 Å². The zero-order valence-corrected chi connectivity index (χ0v) is 12.4. The molecule has 0 radical (unpaired) electrons. The lowest BCUT2D eigenvalue weighted by atomic mass is 10.3. The molecule has 0 aliphatic carbocycles. The number of nitrogens with zero attached hydrogens (tertiary/aromatic N) is 7. The predicted octanol–water partition coefficient (Wildman–Crippen LogP) is 1.85. The van der Waals surface area contributed by atoms with Gasteiger partial charge in [0.1, 0.15) is 12.0 Å². The summed E-state index contributed by atoms with van der Waals surface area (Å²) in [4.78, 5) is 16.2. The van der Waals surface area contributed by atoms with Crippen molar-refractivity contribution in [2.24, 2.45) is 7.05 Å². The number of hydrogen-bond acceptors (Lipinski definition) is 6. The van der Waals surface area contributed by atoms with Crippen molar-refractivity contribution in [1.29, 1.82) is 0 Å². The number of imidazole rings is 1. The van der Waals surface area contributed by atoms with Gasteiger partial charge in [0.05, 0.1) is 5.69 Å². The number of aryl methyl sites for hydroxylation is 2. The van der Waals surface area contributed by atoms with Gasteiger partial charge in [-0.2, -0.15) is 20.1 Å². The fourth-order valence-corrected chi connectivity index (χ4v) is 2.00. The summed E-state index contributed by atoms with van der Waals surface area (Å²) in [7, 11) is 1.84. The first kappa shape index (κ1) is 13.5. The quantitative estimate of drug-likeness (QED) is 0.734. The molecule has 0 bridgehead atoms. The summed E-state index contributed by atoms with van der Waals surface area (Å²) in [5, 5.41) is 4.32. The Labute approximate surface area is 125 Å². The van der Waals surface area contributed by atoms with E-state index < -0.39 is 0 Å². The summed E-state index contributed by atoms with van der Waals surface area (Å²) in [5.41, 5.74) is 1.61. The molecule has 8 nitrogen and oxygen atoms in total. The number of halogens is 1. The molecule has 0 spiro atoms. The van der Waals surface area contributed by atoms with Crippen molar-refractivity contribution in [2.45, 2.75) is 13.8 Å². The first-order valence-corrected chi connectivity index (χ1v) is 6.50. The van der Waals surface area contributed by atoms with Crippen LogP contribution in [0.2, 0.25) is 5.28 Å². The summed E-state index contributed by atoms with van der Waals surface area (Å²) in [5.74, 6) is 0.943. The van der Waals surface area contributed by atoms with Crippen LogP contribution in [0.1, 0.15) is 11.4 Å². The van der Waals surface area contributed by atoms with Gasteiger partial charge in [0, 0.05) is 19.4 Å². The fourth-order valence-electron chi connectivity index (χ4n) is 1.85. The Kier molecular flexibility index (Phi) is 3.30. The summed E-state index contributed by atoms with van der Waals surface area (Å²) < 4.78 is 9.06. The van der Waals surface area contributed by atoms with Crippen LogP contribution in [0, 0.1) is 13.8 Å². The van der Waals surface area contributed by atoms with Crippen molar-refractivity contribution in [3.63, 3.8) is 0 Å². The van der Waals surface area contributed by atoms with Crippen LogP contribution in [-0.4, -0.2) is 34.3 Å². The highest BCUT2D eigenvalue weighted by Crippen LogP contribution is 2.26. The van der Waals surface area contributed by atoms with Crippen LogP contribution in [-0.2, 0) is 7.05 Å². The lowest BCUT2D eigenvalue weighted by molar-refractivity contribution is 0.431. The van der Waals surface area contributed by atoms with E-state index in [-0.39, 0.29) is 11.3 Å². The molecule has 108 valence electrons. The van der Waals surface area contributed by atoms with Crippen molar-refractivity contribution in [3.8, 4) is 17.7 Å². The molecule has 0 fully saturated rings. The first-order valence-electron chi connectivity index (χ1n) is 6.12. The van der Waals surface area contributed by atoms with E-state index in [1.807, 2.05) is 20.9 Å². The summed E-state index contributed by atoms with van der Waals surface area (Å²) in [6.45, 7) is 3.75. The Morgan fingerprint density at radius 1 is 1.19 bits per heavy atom. The number of hydrogen-bond donors (Lipinski definition) is 0. The second-order valence-corrected chi connectivity index (χ2v) is 4.72. The molecule has 0 aliphatic heterocycles. The number of ether oxygens (including phenoxy) is 1. The van der Waals surface area contributed by atoms with E-state index in [0.29, 0.717) is 11.7 Å². The normalized spacial score (nSPS) is 10.9. The van der Waals surface area contributed by atoms with Crippen LogP contribution in [0.15, 0.2) is 18.7 Å². The Morgan fingerprint density at radius 3 is 2.62 bits per heavy atom. The van der Waals surface area contributed by atoms with Gasteiger partial charge < -0.3 is 4.74 Å². The van der Waals surface area contributed by atoms with Crippen LogP contribution in [0.4, 0.5) is 0 Å². The molecule has 0 amide bonds. The average Bonchev–Trinajstić information content (AvgIpc) is 3.04. The van der Waals surface area contributed by atoms with Gasteiger partial charge in [0.15, 0.2) is 5.75 Å². The predicted molar refractivity (Wildman–Crippen MR) is 74.7 cm³/mol. The minimum atomic E-state index is 0.0443. The third-order valence-corrected chi connectivity index (χ3v) is 3.12. The molecular weight excluding hydrogens is 294 g/mol. The van der Waals surface area contributed by atoms with Crippen molar-refractivity contribution >= 4 is 11.6 Å². The van der Waals surface area contributed by atoms with E-state index in [4.69, 9.17) is 16.3 Å². The van der Waals surface area contributed by atoms with Crippen molar-refractivity contribution in [3.05, 3.63) is 35.4 Å². The summed E-state index contributed by atoms with van der Waals surface area (Å²) in [6.07, 6.45) is 4.89. The molecule has 3 aromatic heterocycles. The van der Waals surface area contributed by atoms with Crippen molar-refractivity contribution < 1.29 is 4.74 Å². The van der Waals surface area contributed by atoms with Crippen LogP contribution in [0.3, 0.4) is 0 Å².